The lowest BCUT2D eigenvalue weighted by atomic mass is 9.96. The average Bonchev–Trinajstić information content (AvgIpc) is 2.28. The molecule has 106 valence electrons. The Morgan fingerprint density at radius 3 is 2.39 bits per heavy atom. The second-order valence-electron chi connectivity index (χ2n) is 4.97. The zero-order valence-corrected chi connectivity index (χ0v) is 11.6. The third-order valence-electron chi connectivity index (χ3n) is 3.22. The van der Waals surface area contributed by atoms with Crippen molar-refractivity contribution >= 4 is 11.9 Å². The Hall–Kier alpha value is -1.10. The van der Waals surface area contributed by atoms with Gasteiger partial charge in [0.15, 0.2) is 0 Å². The monoisotopic (exact) mass is 258 g/mol. The summed E-state index contributed by atoms with van der Waals surface area (Å²) < 4.78 is 0. The number of carbonyl (C=O) groups is 2. The van der Waals surface area contributed by atoms with Gasteiger partial charge in [0.2, 0.25) is 5.91 Å². The van der Waals surface area contributed by atoms with E-state index in [1.807, 2.05) is 6.92 Å². The van der Waals surface area contributed by atoms with Crippen LogP contribution in [-0.4, -0.2) is 29.1 Å². The van der Waals surface area contributed by atoms with Crippen molar-refractivity contribution in [3.8, 4) is 0 Å². The molecule has 0 aliphatic rings. The van der Waals surface area contributed by atoms with Crippen molar-refractivity contribution in [2.45, 2.75) is 65.0 Å². The first-order valence-electron chi connectivity index (χ1n) is 6.66. The van der Waals surface area contributed by atoms with Crippen LogP contribution in [-0.2, 0) is 9.59 Å². The Morgan fingerprint density at radius 2 is 1.89 bits per heavy atom. The molecule has 0 heterocycles. The molecule has 0 fully saturated rings. The lowest BCUT2D eigenvalue weighted by Crippen LogP contribution is -2.47. The van der Waals surface area contributed by atoms with Gasteiger partial charge in [-0.15, -0.1) is 0 Å². The standard InChI is InChI=1S/C13H26N2O3/c1-4-5-6-7-9(2)10(3)15-13(18)11(14)8-12(16)17/h9-11H,4-8,14H2,1-3H3,(H,15,18)(H,16,17)/t9-,10-,11+/m0/s1. The predicted molar refractivity (Wildman–Crippen MR) is 71.1 cm³/mol. The topological polar surface area (TPSA) is 92.4 Å². The fraction of sp³-hybridized carbons (Fsp3) is 0.846. The number of nitrogens with one attached hydrogen (secondary N) is 1. The number of carboxylic acids is 1. The summed E-state index contributed by atoms with van der Waals surface area (Å²) in [6.45, 7) is 6.17. The number of rotatable bonds is 9. The molecule has 0 aliphatic carbocycles. The van der Waals surface area contributed by atoms with Gasteiger partial charge in [-0.25, -0.2) is 0 Å². The average molecular weight is 258 g/mol. The summed E-state index contributed by atoms with van der Waals surface area (Å²) in [6.07, 6.45) is 4.26. The first-order valence-corrected chi connectivity index (χ1v) is 6.66. The molecule has 0 rings (SSSR count). The van der Waals surface area contributed by atoms with E-state index in [9.17, 15) is 9.59 Å². The Kier molecular flexibility index (Phi) is 8.37. The number of hydrogen-bond donors (Lipinski definition) is 3. The Labute approximate surface area is 109 Å². The summed E-state index contributed by atoms with van der Waals surface area (Å²) in [6, 6.07) is -0.943. The van der Waals surface area contributed by atoms with E-state index in [1.165, 1.54) is 12.8 Å². The number of hydrogen-bond acceptors (Lipinski definition) is 3. The van der Waals surface area contributed by atoms with Gasteiger partial charge in [-0.3, -0.25) is 9.59 Å². The maximum atomic E-state index is 11.6. The highest BCUT2D eigenvalue weighted by Gasteiger charge is 2.20. The predicted octanol–water partition coefficient (Wildman–Crippen LogP) is 1.51. The molecular weight excluding hydrogens is 232 g/mol. The highest BCUT2D eigenvalue weighted by Crippen LogP contribution is 2.13. The third-order valence-corrected chi connectivity index (χ3v) is 3.22. The van der Waals surface area contributed by atoms with E-state index in [2.05, 4.69) is 19.2 Å². The van der Waals surface area contributed by atoms with Crippen molar-refractivity contribution in [3.05, 3.63) is 0 Å². The third kappa shape index (κ3) is 7.27. The molecule has 4 N–H and O–H groups in total. The number of amides is 1. The van der Waals surface area contributed by atoms with Crippen molar-refractivity contribution in [2.24, 2.45) is 11.7 Å². The van der Waals surface area contributed by atoms with Gasteiger partial charge in [-0.2, -0.15) is 0 Å². The maximum Gasteiger partial charge on any atom is 0.305 e. The summed E-state index contributed by atoms with van der Waals surface area (Å²) in [7, 11) is 0. The van der Waals surface area contributed by atoms with Crippen molar-refractivity contribution in [1.82, 2.24) is 5.32 Å². The lowest BCUT2D eigenvalue weighted by Gasteiger charge is -2.22. The van der Waals surface area contributed by atoms with Gasteiger partial charge >= 0.3 is 5.97 Å². The van der Waals surface area contributed by atoms with Crippen LogP contribution in [0.2, 0.25) is 0 Å². The van der Waals surface area contributed by atoms with E-state index in [4.69, 9.17) is 10.8 Å². The molecular formula is C13H26N2O3. The normalized spacial score (nSPS) is 15.8. The minimum absolute atomic E-state index is 0.0224. The van der Waals surface area contributed by atoms with Gasteiger partial charge in [0.25, 0.3) is 0 Å². The van der Waals surface area contributed by atoms with Crippen LogP contribution in [0, 0.1) is 5.92 Å². The molecule has 0 spiro atoms. The fourth-order valence-corrected chi connectivity index (χ4v) is 1.72. The van der Waals surface area contributed by atoms with Crippen molar-refractivity contribution < 1.29 is 14.7 Å². The molecule has 18 heavy (non-hydrogen) atoms. The highest BCUT2D eigenvalue weighted by atomic mass is 16.4. The SMILES string of the molecule is CCCCC[C@H](C)[C@H](C)NC(=O)[C@H](N)CC(=O)O. The maximum absolute atomic E-state index is 11.6. The first kappa shape index (κ1) is 16.9. The lowest BCUT2D eigenvalue weighted by molar-refractivity contribution is -0.139. The van der Waals surface area contributed by atoms with Crippen LogP contribution in [0.3, 0.4) is 0 Å². The zero-order chi connectivity index (χ0) is 14.1. The summed E-state index contributed by atoms with van der Waals surface area (Å²) in [5, 5.41) is 11.3. The van der Waals surface area contributed by atoms with Crippen LogP contribution in [0.15, 0.2) is 0 Å². The van der Waals surface area contributed by atoms with Gasteiger partial charge < -0.3 is 16.2 Å². The molecule has 1 amide bonds. The van der Waals surface area contributed by atoms with Gasteiger partial charge in [-0.05, 0) is 19.3 Å². The number of carboxylic acid groups (broad SMARTS) is 1. The molecule has 3 atom stereocenters. The molecule has 0 aromatic rings. The van der Waals surface area contributed by atoms with Crippen LogP contribution < -0.4 is 11.1 Å². The molecule has 0 aromatic heterocycles. The number of unbranched alkanes of at least 4 members (excludes halogenated alkanes) is 2. The first-order chi connectivity index (χ1) is 8.38. The second-order valence-corrected chi connectivity index (χ2v) is 4.97. The molecule has 0 aliphatic heterocycles. The van der Waals surface area contributed by atoms with Crippen molar-refractivity contribution in [1.29, 1.82) is 0 Å². The molecule has 0 aromatic carbocycles. The Balaban J connectivity index is 4.01. The molecule has 0 saturated heterocycles. The molecule has 5 nitrogen and oxygen atoms in total. The summed E-state index contributed by atoms with van der Waals surface area (Å²) in [5.74, 6) is -1.06. The summed E-state index contributed by atoms with van der Waals surface area (Å²) in [5.41, 5.74) is 5.50. The summed E-state index contributed by atoms with van der Waals surface area (Å²) >= 11 is 0. The van der Waals surface area contributed by atoms with Crippen molar-refractivity contribution in [2.75, 3.05) is 0 Å². The van der Waals surface area contributed by atoms with Gasteiger partial charge in [-0.1, -0.05) is 33.1 Å². The highest BCUT2D eigenvalue weighted by molar-refractivity contribution is 5.86. The minimum atomic E-state index is -1.05. The van der Waals surface area contributed by atoms with Gasteiger partial charge in [0.05, 0.1) is 12.5 Å². The van der Waals surface area contributed by atoms with E-state index < -0.39 is 12.0 Å². The van der Waals surface area contributed by atoms with Gasteiger partial charge in [0.1, 0.15) is 0 Å². The number of carbonyl (C=O) groups excluding carboxylic acids is 1. The smallest absolute Gasteiger partial charge is 0.305 e. The molecule has 0 saturated carbocycles. The fourth-order valence-electron chi connectivity index (χ4n) is 1.72. The quantitative estimate of drug-likeness (QED) is 0.547. The van der Waals surface area contributed by atoms with Crippen LogP contribution in [0.25, 0.3) is 0 Å². The number of aliphatic carboxylic acids is 1. The van der Waals surface area contributed by atoms with E-state index >= 15 is 0 Å². The summed E-state index contributed by atoms with van der Waals surface area (Å²) in [4.78, 5) is 22.1. The Bertz CT molecular complexity index is 269. The van der Waals surface area contributed by atoms with Gasteiger partial charge in [0, 0.05) is 6.04 Å². The largest absolute Gasteiger partial charge is 0.481 e. The second kappa shape index (κ2) is 8.91. The van der Waals surface area contributed by atoms with E-state index in [0.717, 1.165) is 12.8 Å². The molecule has 0 unspecified atom stereocenters. The molecule has 0 radical (unpaired) electrons. The van der Waals surface area contributed by atoms with E-state index in [0.29, 0.717) is 5.92 Å². The van der Waals surface area contributed by atoms with Crippen molar-refractivity contribution in [3.63, 3.8) is 0 Å². The zero-order valence-electron chi connectivity index (χ0n) is 11.6. The van der Waals surface area contributed by atoms with Crippen LogP contribution in [0.1, 0.15) is 52.9 Å². The van der Waals surface area contributed by atoms with Crippen LogP contribution >= 0.6 is 0 Å². The molecule has 5 heteroatoms. The number of nitrogens with two attached hydrogens (primary N) is 1. The molecule has 0 bridgehead atoms. The minimum Gasteiger partial charge on any atom is -0.481 e. The van der Waals surface area contributed by atoms with E-state index in [1.54, 1.807) is 0 Å². The Morgan fingerprint density at radius 1 is 1.28 bits per heavy atom. The van der Waals surface area contributed by atoms with Crippen LogP contribution in [0.5, 0.6) is 0 Å². The van der Waals surface area contributed by atoms with E-state index in [-0.39, 0.29) is 18.4 Å². The van der Waals surface area contributed by atoms with Crippen LogP contribution in [0.4, 0.5) is 0 Å².